The van der Waals surface area contributed by atoms with Crippen LogP contribution in [-0.2, 0) is 28.6 Å². The third kappa shape index (κ3) is 6.24. The van der Waals surface area contributed by atoms with Crippen LogP contribution in [0.15, 0.2) is 25.3 Å². The number of carbonyl (C=O) groups is 3. The largest absolute Gasteiger partial charge is 0.465 e. The first-order valence-corrected chi connectivity index (χ1v) is 14.5. The van der Waals surface area contributed by atoms with Crippen LogP contribution < -0.4 is 0 Å². The Morgan fingerprint density at radius 1 is 1.13 bits per heavy atom. The number of allylic oxidation sites excluding steroid dienone is 1. The highest BCUT2D eigenvalue weighted by molar-refractivity contribution is 5.98. The van der Waals surface area contributed by atoms with Gasteiger partial charge in [0.15, 0.2) is 0 Å². The van der Waals surface area contributed by atoms with Gasteiger partial charge < -0.3 is 29.1 Å². The maximum Gasteiger partial charge on any atom is 0.312 e. The lowest BCUT2D eigenvalue weighted by Gasteiger charge is -2.37. The number of rotatable bonds is 16. The van der Waals surface area contributed by atoms with Crippen molar-refractivity contribution in [2.45, 2.75) is 62.7 Å². The molecule has 2 amide bonds. The predicted molar refractivity (Wildman–Crippen MR) is 145 cm³/mol. The molecule has 218 valence electrons. The minimum atomic E-state index is -1.04. The summed E-state index contributed by atoms with van der Waals surface area (Å²) < 4.78 is 17.6. The van der Waals surface area contributed by atoms with Gasteiger partial charge in [-0.3, -0.25) is 19.3 Å². The van der Waals surface area contributed by atoms with Crippen molar-refractivity contribution in [1.29, 1.82) is 0 Å². The van der Waals surface area contributed by atoms with Crippen molar-refractivity contribution in [3.05, 3.63) is 25.3 Å². The minimum Gasteiger partial charge on any atom is -0.465 e. The zero-order valence-electron chi connectivity index (χ0n) is 23.1. The molecule has 0 aromatic carbocycles. The van der Waals surface area contributed by atoms with E-state index in [2.05, 4.69) is 18.1 Å². The number of aliphatic hydroxyl groups is 1. The van der Waals surface area contributed by atoms with E-state index in [1.54, 1.807) is 15.9 Å². The summed E-state index contributed by atoms with van der Waals surface area (Å²) in [5.41, 5.74) is -1.04. The monoisotopic (exact) mass is 547 g/mol. The molecule has 10 heteroatoms. The molecule has 0 aromatic heterocycles. The normalized spacial score (nSPS) is 29.9. The van der Waals surface area contributed by atoms with E-state index in [1.165, 1.54) is 0 Å². The third-order valence-corrected chi connectivity index (χ3v) is 8.61. The van der Waals surface area contributed by atoms with Gasteiger partial charge in [0.1, 0.15) is 11.6 Å². The van der Waals surface area contributed by atoms with E-state index in [0.29, 0.717) is 71.7 Å². The number of morpholine rings is 1. The van der Waals surface area contributed by atoms with Gasteiger partial charge in [-0.05, 0) is 44.9 Å². The van der Waals surface area contributed by atoms with Gasteiger partial charge in [-0.2, -0.15) is 0 Å². The quantitative estimate of drug-likeness (QED) is 0.175. The van der Waals surface area contributed by atoms with E-state index in [4.69, 9.17) is 14.2 Å². The zero-order chi connectivity index (χ0) is 27.8. The average molecular weight is 548 g/mol. The molecule has 2 unspecified atom stereocenters. The molecular weight excluding hydrogens is 502 g/mol. The second-order valence-electron chi connectivity index (χ2n) is 11.0. The Morgan fingerprint density at radius 3 is 2.64 bits per heavy atom. The smallest absolute Gasteiger partial charge is 0.312 e. The molecule has 4 heterocycles. The highest BCUT2D eigenvalue weighted by atomic mass is 16.6. The number of amides is 2. The fraction of sp³-hybridized carbons (Fsp3) is 0.759. The number of likely N-dealkylation sites (tertiary alicyclic amines) is 1. The number of fused-ring (bicyclic) bond motifs is 1. The summed E-state index contributed by atoms with van der Waals surface area (Å²) in [5.74, 6) is -2.22. The van der Waals surface area contributed by atoms with Gasteiger partial charge in [0.2, 0.25) is 11.8 Å². The molecular formula is C29H45N3O7. The highest BCUT2D eigenvalue weighted by Gasteiger charge is 2.75. The van der Waals surface area contributed by atoms with Gasteiger partial charge >= 0.3 is 5.97 Å². The van der Waals surface area contributed by atoms with Crippen LogP contribution in [0.2, 0.25) is 0 Å². The summed E-state index contributed by atoms with van der Waals surface area (Å²) in [7, 11) is 0. The van der Waals surface area contributed by atoms with E-state index in [1.807, 2.05) is 6.08 Å². The lowest BCUT2D eigenvalue weighted by Crippen LogP contribution is -2.57. The fourth-order valence-electron chi connectivity index (χ4n) is 6.70. The van der Waals surface area contributed by atoms with Gasteiger partial charge in [0.05, 0.1) is 37.8 Å². The Kier molecular flexibility index (Phi) is 10.6. The van der Waals surface area contributed by atoms with Gasteiger partial charge in [-0.25, -0.2) is 0 Å². The Morgan fingerprint density at radius 2 is 1.92 bits per heavy atom. The van der Waals surface area contributed by atoms with Crippen molar-refractivity contribution >= 4 is 17.8 Å². The maximum atomic E-state index is 14.3. The summed E-state index contributed by atoms with van der Waals surface area (Å²) in [6.07, 6.45) is 7.84. The molecule has 4 rings (SSSR count). The first kappa shape index (κ1) is 29.7. The lowest BCUT2D eigenvalue weighted by atomic mass is 9.70. The number of esters is 1. The van der Waals surface area contributed by atoms with Gasteiger partial charge in [0.25, 0.3) is 0 Å². The number of aliphatic hydroxyl groups excluding tert-OH is 1. The van der Waals surface area contributed by atoms with Crippen LogP contribution in [0.25, 0.3) is 0 Å². The van der Waals surface area contributed by atoms with E-state index < -0.39 is 35.6 Å². The molecule has 0 aromatic rings. The van der Waals surface area contributed by atoms with Crippen molar-refractivity contribution < 1.29 is 33.7 Å². The third-order valence-electron chi connectivity index (χ3n) is 8.61. The van der Waals surface area contributed by atoms with Crippen molar-refractivity contribution in [2.75, 3.05) is 65.7 Å². The standard InChI is InChI=1S/C29H45N3O7/c1-3-5-6-9-19-38-28(36)23-22-10-11-29(39-22)24(23)26(34)32(13-7-8-18-33)25(29)27(35)31(12-4-2)15-14-30-16-20-37-21-17-30/h3-4,22-25,33H,1-2,5-21H2/t22-,23+,24-,25?,29?/m0/s1. The lowest BCUT2D eigenvalue weighted by molar-refractivity contribution is -0.155. The number of ether oxygens (including phenoxy) is 3. The van der Waals surface area contributed by atoms with Crippen molar-refractivity contribution in [1.82, 2.24) is 14.7 Å². The zero-order valence-corrected chi connectivity index (χ0v) is 23.1. The summed E-state index contributed by atoms with van der Waals surface area (Å²) in [6, 6.07) is -0.811. The van der Waals surface area contributed by atoms with Crippen LogP contribution in [0, 0.1) is 11.8 Å². The fourth-order valence-corrected chi connectivity index (χ4v) is 6.70. The number of hydrogen-bond donors (Lipinski definition) is 1. The molecule has 4 aliphatic rings. The van der Waals surface area contributed by atoms with Crippen LogP contribution in [0.4, 0.5) is 0 Å². The van der Waals surface area contributed by atoms with Crippen molar-refractivity contribution in [2.24, 2.45) is 11.8 Å². The molecule has 4 saturated heterocycles. The Labute approximate surface area is 231 Å². The Hall–Kier alpha value is -2.27. The number of carbonyl (C=O) groups excluding carboxylic acids is 3. The molecule has 1 N–H and O–H groups in total. The van der Waals surface area contributed by atoms with Crippen LogP contribution >= 0.6 is 0 Å². The Balaban J connectivity index is 1.54. The molecule has 5 atom stereocenters. The molecule has 4 fully saturated rings. The topological polar surface area (TPSA) is 109 Å². The second kappa shape index (κ2) is 13.9. The summed E-state index contributed by atoms with van der Waals surface area (Å²) in [4.78, 5) is 47.1. The van der Waals surface area contributed by atoms with Crippen LogP contribution in [0.1, 0.15) is 44.9 Å². The number of unbranched alkanes of at least 4 members (excludes halogenated alkanes) is 3. The van der Waals surface area contributed by atoms with Crippen molar-refractivity contribution in [3.63, 3.8) is 0 Å². The molecule has 1 spiro atoms. The van der Waals surface area contributed by atoms with Gasteiger partial charge in [-0.1, -0.05) is 12.2 Å². The van der Waals surface area contributed by atoms with E-state index in [9.17, 15) is 19.5 Å². The number of nitrogens with zero attached hydrogens (tertiary/aromatic N) is 3. The van der Waals surface area contributed by atoms with Crippen LogP contribution in [-0.4, -0.2) is 121 Å². The molecule has 10 nitrogen and oxygen atoms in total. The first-order chi connectivity index (χ1) is 19.0. The summed E-state index contributed by atoms with van der Waals surface area (Å²) in [6.45, 7) is 12.8. The highest BCUT2D eigenvalue weighted by Crippen LogP contribution is 2.58. The number of hydrogen-bond acceptors (Lipinski definition) is 8. The molecule has 0 aliphatic carbocycles. The molecule has 4 aliphatic heterocycles. The Bertz CT molecular complexity index is 892. The molecule has 39 heavy (non-hydrogen) atoms. The first-order valence-electron chi connectivity index (χ1n) is 14.5. The van der Waals surface area contributed by atoms with Gasteiger partial charge in [0, 0.05) is 45.9 Å². The van der Waals surface area contributed by atoms with Gasteiger partial charge in [-0.15, -0.1) is 13.2 Å². The molecule has 2 bridgehead atoms. The van der Waals surface area contributed by atoms with E-state index >= 15 is 0 Å². The maximum absolute atomic E-state index is 14.3. The SMILES string of the molecule is C=CCCCCOC(=O)[C@@H]1[C@@H]2CCC3(O2)C(C(=O)N(CC=C)CCN2CCOCC2)N(CCCCO)C(=O)[C@H]13. The van der Waals surface area contributed by atoms with Crippen LogP contribution in [0.5, 0.6) is 0 Å². The second-order valence-corrected chi connectivity index (χ2v) is 11.0. The van der Waals surface area contributed by atoms with E-state index in [-0.39, 0.29) is 18.4 Å². The molecule has 0 saturated carbocycles. The minimum absolute atomic E-state index is 0.0106. The summed E-state index contributed by atoms with van der Waals surface area (Å²) >= 11 is 0. The van der Waals surface area contributed by atoms with Crippen molar-refractivity contribution in [3.8, 4) is 0 Å². The summed E-state index contributed by atoms with van der Waals surface area (Å²) in [5, 5.41) is 9.35. The molecule has 0 radical (unpaired) electrons. The predicted octanol–water partition coefficient (Wildman–Crippen LogP) is 1.38. The average Bonchev–Trinajstić information content (AvgIpc) is 3.59. The van der Waals surface area contributed by atoms with E-state index in [0.717, 1.165) is 32.4 Å². The van der Waals surface area contributed by atoms with Crippen LogP contribution in [0.3, 0.4) is 0 Å².